The summed E-state index contributed by atoms with van der Waals surface area (Å²) in [6.45, 7) is 0. The maximum absolute atomic E-state index is 5.32. The summed E-state index contributed by atoms with van der Waals surface area (Å²) in [7, 11) is 0. The summed E-state index contributed by atoms with van der Waals surface area (Å²) >= 11 is 0. The molecule has 0 saturated heterocycles. The Kier molecular flexibility index (Phi) is 8.42. The molecule has 0 unspecified atom stereocenters. The van der Waals surface area contributed by atoms with E-state index in [0.29, 0.717) is 17.6 Å². The first-order valence-corrected chi connectivity index (χ1v) is 21.0. The summed E-state index contributed by atoms with van der Waals surface area (Å²) in [6, 6.07) is 79.4. The summed E-state index contributed by atoms with van der Waals surface area (Å²) < 4.78 is 4.74. The maximum Gasteiger partial charge on any atom is 0.238 e. The van der Waals surface area contributed by atoms with Crippen LogP contribution >= 0.6 is 0 Å². The minimum absolute atomic E-state index is 0.558. The molecular weight excluding hydrogens is 755 g/mol. The lowest BCUT2D eigenvalue weighted by atomic mass is 9.96. The van der Waals surface area contributed by atoms with E-state index in [1.54, 1.807) is 0 Å². The maximum atomic E-state index is 5.32. The molecular formula is C57H37N5. The first-order valence-electron chi connectivity index (χ1n) is 21.0. The van der Waals surface area contributed by atoms with Crippen molar-refractivity contribution in [2.24, 2.45) is 0 Å². The van der Waals surface area contributed by atoms with Gasteiger partial charge in [0, 0.05) is 38.2 Å². The Morgan fingerprint density at radius 3 is 1.23 bits per heavy atom. The van der Waals surface area contributed by atoms with E-state index < -0.39 is 0 Å². The number of rotatable bonds is 7. The number of hydrogen-bond donors (Lipinski definition) is 0. The average molecular weight is 792 g/mol. The van der Waals surface area contributed by atoms with E-state index in [4.69, 9.17) is 15.0 Å². The SMILES string of the molecule is c1ccc(-c2ccc(-c3ccc(-c4ccccc4)cc3-n3c4ccccc4c4ccc5c6ccccc6n(-c6nc(-c7ccccc7)nc(-c7ccccc7)n6)c5c43)cc2)cc1. The van der Waals surface area contributed by atoms with Crippen molar-refractivity contribution in [1.82, 2.24) is 24.1 Å². The summed E-state index contributed by atoms with van der Waals surface area (Å²) in [5, 5.41) is 4.56. The second kappa shape index (κ2) is 14.7. The minimum Gasteiger partial charge on any atom is -0.307 e. The molecule has 0 aliphatic carbocycles. The van der Waals surface area contributed by atoms with E-state index in [-0.39, 0.29) is 0 Å². The fourth-order valence-electron chi connectivity index (χ4n) is 9.10. The summed E-state index contributed by atoms with van der Waals surface area (Å²) in [5.41, 5.74) is 14.1. The topological polar surface area (TPSA) is 48.5 Å². The van der Waals surface area contributed by atoms with Gasteiger partial charge < -0.3 is 4.57 Å². The van der Waals surface area contributed by atoms with E-state index in [1.165, 1.54) is 16.5 Å². The first kappa shape index (κ1) is 35.5. The van der Waals surface area contributed by atoms with Crippen LogP contribution in [0.15, 0.2) is 224 Å². The van der Waals surface area contributed by atoms with Gasteiger partial charge in [0.05, 0.1) is 27.8 Å². The molecule has 290 valence electrons. The molecule has 0 fully saturated rings. The van der Waals surface area contributed by atoms with E-state index in [2.05, 4.69) is 197 Å². The van der Waals surface area contributed by atoms with Gasteiger partial charge in [0.15, 0.2) is 11.6 Å². The van der Waals surface area contributed by atoms with Crippen LogP contribution in [0, 0.1) is 0 Å². The Morgan fingerprint density at radius 2 is 0.677 bits per heavy atom. The monoisotopic (exact) mass is 791 g/mol. The van der Waals surface area contributed by atoms with Crippen molar-refractivity contribution >= 4 is 43.6 Å². The zero-order valence-corrected chi connectivity index (χ0v) is 33.6. The van der Waals surface area contributed by atoms with E-state index >= 15 is 0 Å². The summed E-state index contributed by atoms with van der Waals surface area (Å²) in [4.78, 5) is 15.7. The zero-order valence-electron chi connectivity index (χ0n) is 33.6. The molecule has 0 N–H and O–H groups in total. The van der Waals surface area contributed by atoms with Gasteiger partial charge in [0.25, 0.3) is 0 Å². The van der Waals surface area contributed by atoms with Gasteiger partial charge in [-0.15, -0.1) is 0 Å². The van der Waals surface area contributed by atoms with Crippen molar-refractivity contribution in [3.05, 3.63) is 224 Å². The quantitative estimate of drug-likeness (QED) is 0.162. The Labute approximate surface area is 358 Å². The van der Waals surface area contributed by atoms with Crippen LogP contribution in [0.1, 0.15) is 0 Å². The standard InChI is InChI=1S/C57H37N5/c1-5-17-38(18-6-1)40-29-31-41(32-30-40)45-34-33-44(39-19-7-2-8-20-39)37-52(45)61-50-27-15-13-25-46(50)48-35-36-49-47-26-14-16-28-51(47)62(54(49)53(48)61)57-59-55(42-21-9-3-10-22-42)58-56(60-57)43-23-11-4-12-24-43/h1-37H. The minimum atomic E-state index is 0.558. The molecule has 9 aromatic carbocycles. The van der Waals surface area contributed by atoms with Crippen molar-refractivity contribution in [2.75, 3.05) is 0 Å². The molecule has 0 aliphatic heterocycles. The normalized spacial score (nSPS) is 11.5. The lowest BCUT2D eigenvalue weighted by Crippen LogP contribution is -2.07. The Morgan fingerprint density at radius 1 is 0.274 bits per heavy atom. The third-order valence-corrected chi connectivity index (χ3v) is 12.0. The second-order valence-corrected chi connectivity index (χ2v) is 15.6. The van der Waals surface area contributed by atoms with E-state index in [1.807, 2.05) is 36.4 Å². The number of aromatic nitrogens is 5. The molecule has 5 heteroatoms. The number of hydrogen-bond acceptors (Lipinski definition) is 3. The lowest BCUT2D eigenvalue weighted by Gasteiger charge is -2.18. The fraction of sp³-hybridized carbons (Fsp3) is 0. The Bertz CT molecular complexity index is 3540. The van der Waals surface area contributed by atoms with Crippen LogP contribution in [-0.2, 0) is 0 Å². The van der Waals surface area contributed by atoms with Gasteiger partial charge >= 0.3 is 0 Å². The van der Waals surface area contributed by atoms with Crippen LogP contribution in [0.3, 0.4) is 0 Å². The zero-order chi connectivity index (χ0) is 41.0. The third kappa shape index (κ3) is 5.90. The predicted molar refractivity (Wildman–Crippen MR) is 256 cm³/mol. The molecule has 5 nitrogen and oxygen atoms in total. The smallest absolute Gasteiger partial charge is 0.238 e. The molecule has 0 bridgehead atoms. The predicted octanol–water partition coefficient (Wildman–Crippen LogP) is 14.4. The van der Waals surface area contributed by atoms with Crippen molar-refractivity contribution < 1.29 is 0 Å². The molecule has 12 aromatic rings. The Hall–Kier alpha value is -8.41. The van der Waals surface area contributed by atoms with Gasteiger partial charge in [0.1, 0.15) is 0 Å². The van der Waals surface area contributed by atoms with Gasteiger partial charge in [-0.1, -0.05) is 206 Å². The molecule has 62 heavy (non-hydrogen) atoms. The Balaban J connectivity index is 1.20. The van der Waals surface area contributed by atoms with Crippen molar-refractivity contribution in [3.8, 4) is 67.8 Å². The highest BCUT2D eigenvalue weighted by Gasteiger charge is 2.25. The van der Waals surface area contributed by atoms with Gasteiger partial charge in [0.2, 0.25) is 5.95 Å². The van der Waals surface area contributed by atoms with Crippen LogP contribution < -0.4 is 0 Å². The van der Waals surface area contributed by atoms with Crippen LogP contribution in [0.4, 0.5) is 0 Å². The fourth-order valence-corrected chi connectivity index (χ4v) is 9.10. The molecule has 0 spiro atoms. The molecule has 3 heterocycles. The number of para-hydroxylation sites is 2. The highest BCUT2D eigenvalue weighted by atomic mass is 15.2. The van der Waals surface area contributed by atoms with E-state index in [0.717, 1.165) is 77.3 Å². The summed E-state index contributed by atoms with van der Waals surface area (Å²) in [5.74, 6) is 1.79. The van der Waals surface area contributed by atoms with E-state index in [9.17, 15) is 0 Å². The molecule has 0 radical (unpaired) electrons. The summed E-state index contributed by atoms with van der Waals surface area (Å²) in [6.07, 6.45) is 0. The van der Waals surface area contributed by atoms with Gasteiger partial charge in [-0.2, -0.15) is 9.97 Å². The second-order valence-electron chi connectivity index (χ2n) is 15.6. The molecule has 0 saturated carbocycles. The van der Waals surface area contributed by atoms with Crippen LogP contribution in [-0.4, -0.2) is 24.1 Å². The van der Waals surface area contributed by atoms with Crippen molar-refractivity contribution in [2.45, 2.75) is 0 Å². The average Bonchev–Trinajstić information content (AvgIpc) is 3.88. The van der Waals surface area contributed by atoms with Gasteiger partial charge in [-0.25, -0.2) is 4.98 Å². The highest BCUT2D eigenvalue weighted by molar-refractivity contribution is 6.24. The van der Waals surface area contributed by atoms with Crippen LogP contribution in [0.2, 0.25) is 0 Å². The molecule has 3 aromatic heterocycles. The molecule has 0 amide bonds. The number of benzene rings is 9. The molecule has 0 atom stereocenters. The van der Waals surface area contributed by atoms with Crippen molar-refractivity contribution in [1.29, 1.82) is 0 Å². The molecule has 12 rings (SSSR count). The van der Waals surface area contributed by atoms with Gasteiger partial charge in [-0.05, 0) is 46.0 Å². The lowest BCUT2D eigenvalue weighted by molar-refractivity contribution is 0.953. The van der Waals surface area contributed by atoms with Crippen LogP contribution in [0.25, 0.3) is 111 Å². The highest BCUT2D eigenvalue weighted by Crippen LogP contribution is 2.44. The van der Waals surface area contributed by atoms with Crippen molar-refractivity contribution in [3.63, 3.8) is 0 Å². The third-order valence-electron chi connectivity index (χ3n) is 12.0. The van der Waals surface area contributed by atoms with Gasteiger partial charge in [-0.3, -0.25) is 4.57 Å². The molecule has 0 aliphatic rings. The number of fused-ring (bicyclic) bond motifs is 7. The first-order chi connectivity index (χ1) is 30.8. The number of nitrogens with zero attached hydrogens (tertiary/aromatic N) is 5. The van der Waals surface area contributed by atoms with Crippen LogP contribution in [0.5, 0.6) is 0 Å². The largest absolute Gasteiger partial charge is 0.307 e.